The molecular formula is C27H28N4O2S. The van der Waals surface area contributed by atoms with Crippen molar-refractivity contribution in [2.75, 3.05) is 13.7 Å². The molecule has 5 aromatic rings. The number of carbonyl (C=O) groups excluding carboxylic acids is 1. The third kappa shape index (κ3) is 4.24. The van der Waals surface area contributed by atoms with Crippen molar-refractivity contribution < 1.29 is 9.53 Å². The van der Waals surface area contributed by atoms with Crippen LogP contribution in [-0.4, -0.2) is 34.0 Å². The molecule has 2 aromatic carbocycles. The normalized spacial score (nSPS) is 11.5. The van der Waals surface area contributed by atoms with E-state index in [1.807, 2.05) is 0 Å². The fourth-order valence-electron chi connectivity index (χ4n) is 4.47. The summed E-state index contributed by atoms with van der Waals surface area (Å²) in [5.74, 6) is -0.364. The molecule has 0 atom stereocenters. The number of hydrogen-bond acceptors (Lipinski definition) is 5. The Morgan fingerprint density at radius 3 is 2.76 bits per heavy atom. The number of ether oxygens (including phenoxy) is 1. The van der Waals surface area contributed by atoms with Crippen LogP contribution in [0.15, 0.2) is 60.2 Å². The molecule has 0 aliphatic heterocycles. The van der Waals surface area contributed by atoms with Gasteiger partial charge in [0.25, 0.3) is 0 Å². The van der Waals surface area contributed by atoms with Crippen molar-refractivity contribution in [2.24, 2.45) is 0 Å². The van der Waals surface area contributed by atoms with E-state index in [0.717, 1.165) is 19.6 Å². The van der Waals surface area contributed by atoms with Gasteiger partial charge in [0.15, 0.2) is 0 Å². The Morgan fingerprint density at radius 2 is 2.00 bits per heavy atom. The van der Waals surface area contributed by atoms with Gasteiger partial charge in [-0.3, -0.25) is 4.68 Å². The van der Waals surface area contributed by atoms with Gasteiger partial charge in [-0.1, -0.05) is 18.2 Å². The first-order valence-corrected chi connectivity index (χ1v) is 12.4. The van der Waals surface area contributed by atoms with Gasteiger partial charge in [0.1, 0.15) is 0 Å². The van der Waals surface area contributed by atoms with Crippen LogP contribution in [-0.2, 0) is 24.4 Å². The molecule has 6 nitrogen and oxygen atoms in total. The van der Waals surface area contributed by atoms with Gasteiger partial charge in [0.2, 0.25) is 0 Å². The predicted molar refractivity (Wildman–Crippen MR) is 138 cm³/mol. The Bertz CT molecular complexity index is 1480. The summed E-state index contributed by atoms with van der Waals surface area (Å²) in [7, 11) is 1.37. The summed E-state index contributed by atoms with van der Waals surface area (Å²) < 4.78 is 8.89. The van der Waals surface area contributed by atoms with Gasteiger partial charge < -0.3 is 14.6 Å². The van der Waals surface area contributed by atoms with E-state index in [-0.39, 0.29) is 5.97 Å². The maximum Gasteiger partial charge on any atom is 0.341 e. The second-order valence-electron chi connectivity index (χ2n) is 8.48. The highest BCUT2D eigenvalue weighted by Gasteiger charge is 2.12. The van der Waals surface area contributed by atoms with Crippen LogP contribution >= 0.6 is 11.3 Å². The van der Waals surface area contributed by atoms with Crippen molar-refractivity contribution in [1.29, 1.82) is 0 Å². The Balaban J connectivity index is 1.33. The summed E-state index contributed by atoms with van der Waals surface area (Å²) in [5.41, 5.74) is 6.86. The third-order valence-electron chi connectivity index (χ3n) is 6.16. The molecule has 0 saturated heterocycles. The van der Waals surface area contributed by atoms with Crippen LogP contribution < -0.4 is 5.32 Å². The average molecular weight is 473 g/mol. The number of hydrogen-bond donors (Lipinski definition) is 1. The van der Waals surface area contributed by atoms with Crippen LogP contribution in [0, 0.1) is 6.92 Å². The fourth-order valence-corrected chi connectivity index (χ4v) is 5.37. The van der Waals surface area contributed by atoms with E-state index in [1.54, 1.807) is 22.2 Å². The van der Waals surface area contributed by atoms with Crippen molar-refractivity contribution in [3.05, 3.63) is 76.9 Å². The molecule has 0 aliphatic rings. The lowest BCUT2D eigenvalue weighted by molar-refractivity contribution is 0.0600. The zero-order valence-electron chi connectivity index (χ0n) is 19.7. The molecule has 0 radical (unpaired) electrons. The standard InChI is InChI=1S/C27H28N4O2S/c1-4-31-24-8-5-19(14-28-9-10-30-16-21(15-29-30)27(32)33-3)12-23(24)22-7-6-20(13-25(22)31)26-11-18(2)17-34-26/h5-8,11-13,15-17,28H,4,9-10,14H2,1-3H3. The molecule has 1 N–H and O–H groups in total. The molecule has 34 heavy (non-hydrogen) atoms. The average Bonchev–Trinajstić information content (AvgIpc) is 3.58. The predicted octanol–water partition coefficient (Wildman–Crippen LogP) is 5.62. The highest BCUT2D eigenvalue weighted by atomic mass is 32.1. The summed E-state index contributed by atoms with van der Waals surface area (Å²) >= 11 is 1.80. The first-order chi connectivity index (χ1) is 16.6. The summed E-state index contributed by atoms with van der Waals surface area (Å²) in [6, 6.07) is 15.8. The number of carbonyl (C=O) groups is 1. The molecular weight excluding hydrogens is 444 g/mol. The van der Waals surface area contributed by atoms with E-state index in [9.17, 15) is 4.79 Å². The van der Waals surface area contributed by atoms with E-state index in [2.05, 4.69) is 76.7 Å². The summed E-state index contributed by atoms with van der Waals surface area (Å²) in [6.07, 6.45) is 3.25. The fraction of sp³-hybridized carbons (Fsp3) is 0.259. The second kappa shape index (κ2) is 9.44. The third-order valence-corrected chi connectivity index (χ3v) is 7.26. The number of nitrogens with zero attached hydrogens (tertiary/aromatic N) is 3. The van der Waals surface area contributed by atoms with Crippen molar-refractivity contribution in [1.82, 2.24) is 19.7 Å². The van der Waals surface area contributed by atoms with E-state index in [0.29, 0.717) is 12.1 Å². The van der Waals surface area contributed by atoms with Crippen LogP contribution in [0.4, 0.5) is 0 Å². The van der Waals surface area contributed by atoms with Crippen LogP contribution in [0.1, 0.15) is 28.4 Å². The smallest absolute Gasteiger partial charge is 0.341 e. The topological polar surface area (TPSA) is 61.1 Å². The van der Waals surface area contributed by atoms with Gasteiger partial charge in [-0.25, -0.2) is 4.79 Å². The maximum absolute atomic E-state index is 11.6. The lowest BCUT2D eigenvalue weighted by atomic mass is 10.1. The molecule has 0 fully saturated rings. The highest BCUT2D eigenvalue weighted by Crippen LogP contribution is 2.35. The minimum Gasteiger partial charge on any atom is -0.465 e. The molecule has 174 valence electrons. The minimum atomic E-state index is -0.364. The quantitative estimate of drug-likeness (QED) is 0.235. The van der Waals surface area contributed by atoms with Gasteiger partial charge >= 0.3 is 5.97 Å². The largest absolute Gasteiger partial charge is 0.465 e. The van der Waals surface area contributed by atoms with Crippen LogP contribution in [0.5, 0.6) is 0 Å². The van der Waals surface area contributed by atoms with Gasteiger partial charge in [-0.2, -0.15) is 5.10 Å². The Morgan fingerprint density at radius 1 is 1.12 bits per heavy atom. The SMILES string of the molecule is CCn1c2ccc(CNCCn3cc(C(=O)OC)cn3)cc2c2ccc(-c3cc(C)cs3)cc21. The zero-order valence-corrected chi connectivity index (χ0v) is 20.5. The lowest BCUT2D eigenvalue weighted by Gasteiger charge is -2.07. The van der Waals surface area contributed by atoms with E-state index < -0.39 is 0 Å². The Labute approximate surface area is 202 Å². The van der Waals surface area contributed by atoms with Crippen LogP contribution in [0.2, 0.25) is 0 Å². The van der Waals surface area contributed by atoms with Crippen molar-refractivity contribution in [3.63, 3.8) is 0 Å². The number of esters is 1. The Kier molecular flexibility index (Phi) is 6.22. The molecule has 0 unspecified atom stereocenters. The molecule has 5 rings (SSSR count). The van der Waals surface area contributed by atoms with Crippen molar-refractivity contribution in [2.45, 2.75) is 33.5 Å². The van der Waals surface area contributed by atoms with Crippen molar-refractivity contribution >= 4 is 39.1 Å². The van der Waals surface area contributed by atoms with Crippen LogP contribution in [0.3, 0.4) is 0 Å². The molecule has 7 heteroatoms. The summed E-state index contributed by atoms with van der Waals surface area (Å²) in [6.45, 7) is 7.48. The number of thiophene rings is 1. The molecule has 3 aromatic heterocycles. The number of fused-ring (bicyclic) bond motifs is 3. The van der Waals surface area contributed by atoms with Crippen molar-refractivity contribution in [3.8, 4) is 10.4 Å². The maximum atomic E-state index is 11.6. The summed E-state index contributed by atoms with van der Waals surface area (Å²) in [5, 5.41) is 12.5. The van der Waals surface area contributed by atoms with E-state index in [4.69, 9.17) is 4.74 Å². The first kappa shape index (κ1) is 22.4. The molecule has 0 aliphatic carbocycles. The zero-order chi connectivity index (χ0) is 23.7. The molecule has 0 bridgehead atoms. The Hall–Kier alpha value is -3.42. The molecule has 3 heterocycles. The minimum absolute atomic E-state index is 0.364. The lowest BCUT2D eigenvalue weighted by Crippen LogP contribution is -2.19. The molecule has 0 amide bonds. The molecule has 0 spiro atoms. The summed E-state index contributed by atoms with van der Waals surface area (Å²) in [4.78, 5) is 12.9. The van der Waals surface area contributed by atoms with Gasteiger partial charge in [-0.15, -0.1) is 11.3 Å². The van der Waals surface area contributed by atoms with E-state index >= 15 is 0 Å². The van der Waals surface area contributed by atoms with Gasteiger partial charge in [-0.05, 0) is 60.2 Å². The number of rotatable bonds is 8. The van der Waals surface area contributed by atoms with Gasteiger partial charge in [0, 0.05) is 52.5 Å². The van der Waals surface area contributed by atoms with E-state index in [1.165, 1.54) is 56.7 Å². The highest BCUT2D eigenvalue weighted by molar-refractivity contribution is 7.13. The number of methoxy groups -OCH3 is 1. The number of benzene rings is 2. The number of nitrogens with one attached hydrogen (secondary N) is 1. The number of aryl methyl sites for hydroxylation is 2. The van der Waals surface area contributed by atoms with Crippen LogP contribution in [0.25, 0.3) is 32.2 Å². The first-order valence-electron chi connectivity index (χ1n) is 11.5. The molecule has 0 saturated carbocycles. The second-order valence-corrected chi connectivity index (χ2v) is 9.39. The monoisotopic (exact) mass is 472 g/mol. The van der Waals surface area contributed by atoms with Gasteiger partial charge in [0.05, 0.1) is 25.4 Å². The number of aromatic nitrogens is 3.